The molecule has 0 atom stereocenters. The number of tetrazole rings is 1. The Morgan fingerprint density at radius 1 is 1.29 bits per heavy atom. The third kappa shape index (κ3) is 3.85. The topological polar surface area (TPSA) is 43.6 Å². The lowest BCUT2D eigenvalue weighted by Gasteiger charge is -2.00. The van der Waals surface area contributed by atoms with Crippen LogP contribution in [0.5, 0.6) is 0 Å². The van der Waals surface area contributed by atoms with Crippen LogP contribution in [-0.4, -0.2) is 20.2 Å². The number of nitrogens with zero attached hydrogens (tertiary/aromatic N) is 4. The highest BCUT2D eigenvalue weighted by Gasteiger charge is 2.03. The fraction of sp³-hybridized carbons (Fsp3) is 0.900. The van der Waals surface area contributed by atoms with Crippen LogP contribution in [-0.2, 0) is 13.0 Å². The standard InChI is InChI=1S/C10H20N4/c1-4-5-6-7-10-11-13-14(12-10)8-9(2)3/h9H,4-8H2,1-3H3. The van der Waals surface area contributed by atoms with Crippen LogP contribution in [0.3, 0.4) is 0 Å². The molecule has 4 nitrogen and oxygen atoms in total. The fourth-order valence-corrected chi connectivity index (χ4v) is 1.31. The summed E-state index contributed by atoms with van der Waals surface area (Å²) in [5.41, 5.74) is 0. The summed E-state index contributed by atoms with van der Waals surface area (Å²) in [6, 6.07) is 0. The van der Waals surface area contributed by atoms with Crippen molar-refractivity contribution in [1.82, 2.24) is 20.2 Å². The molecule has 1 rings (SSSR count). The van der Waals surface area contributed by atoms with Gasteiger partial charge in [0.25, 0.3) is 0 Å². The number of aromatic nitrogens is 4. The normalized spacial score (nSPS) is 11.1. The van der Waals surface area contributed by atoms with Gasteiger partial charge in [-0.1, -0.05) is 33.6 Å². The molecule has 0 aliphatic heterocycles. The van der Waals surface area contributed by atoms with Crippen molar-refractivity contribution in [2.24, 2.45) is 5.92 Å². The molecule has 1 heterocycles. The first kappa shape index (κ1) is 11.1. The van der Waals surface area contributed by atoms with Gasteiger partial charge in [0.2, 0.25) is 0 Å². The Morgan fingerprint density at radius 3 is 2.71 bits per heavy atom. The lowest BCUT2D eigenvalue weighted by atomic mass is 10.2. The second-order valence-electron chi connectivity index (χ2n) is 4.11. The molecule has 14 heavy (non-hydrogen) atoms. The zero-order valence-electron chi connectivity index (χ0n) is 9.40. The Labute approximate surface area is 85.7 Å². The maximum atomic E-state index is 4.32. The van der Waals surface area contributed by atoms with Crippen LogP contribution >= 0.6 is 0 Å². The van der Waals surface area contributed by atoms with E-state index in [0.717, 1.165) is 18.8 Å². The van der Waals surface area contributed by atoms with Gasteiger partial charge in [-0.25, -0.2) is 0 Å². The fourth-order valence-electron chi connectivity index (χ4n) is 1.31. The molecule has 0 saturated carbocycles. The Kier molecular flexibility index (Phi) is 4.56. The summed E-state index contributed by atoms with van der Waals surface area (Å²) in [6.07, 6.45) is 4.62. The van der Waals surface area contributed by atoms with E-state index in [1.807, 2.05) is 0 Å². The van der Waals surface area contributed by atoms with E-state index >= 15 is 0 Å². The summed E-state index contributed by atoms with van der Waals surface area (Å²) in [5, 5.41) is 12.4. The Balaban J connectivity index is 2.35. The van der Waals surface area contributed by atoms with Crippen LogP contribution in [0.2, 0.25) is 0 Å². The van der Waals surface area contributed by atoms with Crippen LogP contribution in [0, 0.1) is 5.92 Å². The maximum absolute atomic E-state index is 4.32. The van der Waals surface area contributed by atoms with Crippen molar-refractivity contribution in [3.63, 3.8) is 0 Å². The van der Waals surface area contributed by atoms with Gasteiger partial charge < -0.3 is 0 Å². The molecule has 4 heteroatoms. The minimum absolute atomic E-state index is 0.577. The summed E-state index contributed by atoms with van der Waals surface area (Å²) in [5.74, 6) is 1.46. The van der Waals surface area contributed by atoms with Gasteiger partial charge >= 0.3 is 0 Å². The number of rotatable bonds is 6. The van der Waals surface area contributed by atoms with E-state index < -0.39 is 0 Å². The van der Waals surface area contributed by atoms with Gasteiger partial charge in [-0.15, -0.1) is 10.2 Å². The lowest BCUT2D eigenvalue weighted by molar-refractivity contribution is 0.428. The summed E-state index contributed by atoms with van der Waals surface area (Å²) in [4.78, 5) is 1.70. The molecule has 0 radical (unpaired) electrons. The molecule has 0 aliphatic rings. The van der Waals surface area contributed by atoms with Crippen molar-refractivity contribution >= 4 is 0 Å². The number of aryl methyl sites for hydroxylation is 1. The second-order valence-corrected chi connectivity index (χ2v) is 4.11. The zero-order valence-corrected chi connectivity index (χ0v) is 9.40. The Bertz CT molecular complexity index is 254. The molecule has 0 N–H and O–H groups in total. The molecule has 0 aliphatic carbocycles. The quantitative estimate of drug-likeness (QED) is 0.654. The van der Waals surface area contributed by atoms with E-state index in [1.165, 1.54) is 19.3 Å². The average Bonchev–Trinajstić information content (AvgIpc) is 2.52. The smallest absolute Gasteiger partial charge is 0.164 e. The van der Waals surface area contributed by atoms with E-state index in [4.69, 9.17) is 0 Å². The summed E-state index contributed by atoms with van der Waals surface area (Å²) >= 11 is 0. The van der Waals surface area contributed by atoms with Gasteiger partial charge in [0.15, 0.2) is 5.82 Å². The van der Waals surface area contributed by atoms with Gasteiger partial charge in [-0.05, 0) is 17.6 Å². The van der Waals surface area contributed by atoms with E-state index in [0.29, 0.717) is 5.92 Å². The molecule has 0 aromatic carbocycles. The first-order valence-corrected chi connectivity index (χ1v) is 5.49. The Hall–Kier alpha value is -0.930. The van der Waals surface area contributed by atoms with Crippen molar-refractivity contribution in [3.05, 3.63) is 5.82 Å². The van der Waals surface area contributed by atoms with Gasteiger partial charge in [-0.3, -0.25) is 0 Å². The first-order chi connectivity index (χ1) is 6.72. The van der Waals surface area contributed by atoms with Gasteiger partial charge in [-0.2, -0.15) is 4.80 Å². The molecule has 80 valence electrons. The second kappa shape index (κ2) is 5.73. The molecular weight excluding hydrogens is 176 g/mol. The largest absolute Gasteiger partial charge is 0.174 e. The Morgan fingerprint density at radius 2 is 2.07 bits per heavy atom. The van der Waals surface area contributed by atoms with E-state index in [1.54, 1.807) is 4.80 Å². The third-order valence-corrected chi connectivity index (χ3v) is 2.03. The number of hydrogen-bond donors (Lipinski definition) is 0. The SMILES string of the molecule is CCCCCc1nnn(CC(C)C)n1. The molecule has 0 amide bonds. The van der Waals surface area contributed by atoms with Crippen molar-refractivity contribution in [2.75, 3.05) is 0 Å². The van der Waals surface area contributed by atoms with Crippen LogP contribution in [0.25, 0.3) is 0 Å². The first-order valence-electron chi connectivity index (χ1n) is 5.49. The van der Waals surface area contributed by atoms with Crippen LogP contribution in [0.15, 0.2) is 0 Å². The highest BCUT2D eigenvalue weighted by molar-refractivity contribution is 4.76. The minimum atomic E-state index is 0.577. The van der Waals surface area contributed by atoms with Crippen LogP contribution in [0.4, 0.5) is 0 Å². The summed E-state index contributed by atoms with van der Waals surface area (Å²) in [6.45, 7) is 7.37. The van der Waals surface area contributed by atoms with Gasteiger partial charge in [0.05, 0.1) is 6.54 Å². The molecule has 0 saturated heterocycles. The minimum Gasteiger partial charge on any atom is -0.164 e. The molecule has 0 bridgehead atoms. The number of unbranched alkanes of at least 4 members (excludes halogenated alkanes) is 2. The van der Waals surface area contributed by atoms with Crippen molar-refractivity contribution < 1.29 is 0 Å². The van der Waals surface area contributed by atoms with Gasteiger partial charge in [0, 0.05) is 6.42 Å². The van der Waals surface area contributed by atoms with E-state index in [9.17, 15) is 0 Å². The molecule has 1 aromatic rings. The molecule has 0 fully saturated rings. The average molecular weight is 196 g/mol. The molecular formula is C10H20N4. The maximum Gasteiger partial charge on any atom is 0.174 e. The van der Waals surface area contributed by atoms with Crippen LogP contribution in [0.1, 0.15) is 45.9 Å². The molecule has 0 spiro atoms. The van der Waals surface area contributed by atoms with Crippen LogP contribution < -0.4 is 0 Å². The molecule has 1 aromatic heterocycles. The van der Waals surface area contributed by atoms with Crippen molar-refractivity contribution in [3.8, 4) is 0 Å². The predicted octanol–water partition coefficient (Wildman–Crippen LogP) is 2.06. The van der Waals surface area contributed by atoms with Gasteiger partial charge in [0.1, 0.15) is 0 Å². The highest BCUT2D eigenvalue weighted by Crippen LogP contribution is 2.01. The number of hydrogen-bond acceptors (Lipinski definition) is 3. The highest BCUT2D eigenvalue weighted by atomic mass is 15.6. The van der Waals surface area contributed by atoms with E-state index in [-0.39, 0.29) is 0 Å². The zero-order chi connectivity index (χ0) is 10.4. The third-order valence-electron chi connectivity index (χ3n) is 2.03. The van der Waals surface area contributed by atoms with Crippen molar-refractivity contribution in [2.45, 2.75) is 53.0 Å². The lowest BCUT2D eigenvalue weighted by Crippen LogP contribution is -2.08. The summed E-state index contributed by atoms with van der Waals surface area (Å²) < 4.78 is 0. The predicted molar refractivity (Wildman–Crippen MR) is 55.9 cm³/mol. The van der Waals surface area contributed by atoms with Crippen molar-refractivity contribution in [1.29, 1.82) is 0 Å². The monoisotopic (exact) mass is 196 g/mol. The van der Waals surface area contributed by atoms with E-state index in [2.05, 4.69) is 36.2 Å². The molecule has 0 unspecified atom stereocenters. The summed E-state index contributed by atoms with van der Waals surface area (Å²) in [7, 11) is 0.